The zero-order chi connectivity index (χ0) is 14.4. The molecule has 6 heteroatoms. The van der Waals surface area contributed by atoms with Crippen LogP contribution in [0.1, 0.15) is 35.4 Å². The van der Waals surface area contributed by atoms with Gasteiger partial charge in [-0.2, -0.15) is 0 Å². The highest BCUT2D eigenvalue weighted by Crippen LogP contribution is 2.23. The Labute approximate surface area is 137 Å². The van der Waals surface area contributed by atoms with Crippen molar-refractivity contribution in [3.63, 3.8) is 0 Å². The molecule has 3 N–H and O–H groups in total. The minimum atomic E-state index is 0. The number of carbonyl (C=O) groups is 1. The smallest absolute Gasteiger partial charge is 0.221 e. The van der Waals surface area contributed by atoms with Crippen LogP contribution < -0.4 is 11.1 Å². The third-order valence-electron chi connectivity index (χ3n) is 3.81. The lowest BCUT2D eigenvalue weighted by Crippen LogP contribution is -2.46. The van der Waals surface area contributed by atoms with E-state index in [9.17, 15) is 4.79 Å². The van der Waals surface area contributed by atoms with E-state index in [0.717, 1.165) is 19.6 Å². The molecule has 0 saturated carbocycles. The highest BCUT2D eigenvalue weighted by atomic mass is 35.5. The number of piperidine rings is 1. The van der Waals surface area contributed by atoms with E-state index >= 15 is 0 Å². The van der Waals surface area contributed by atoms with Gasteiger partial charge >= 0.3 is 0 Å². The van der Waals surface area contributed by atoms with Gasteiger partial charge in [-0.1, -0.05) is 6.42 Å². The molecule has 1 amide bonds. The lowest BCUT2D eigenvalue weighted by molar-refractivity contribution is -0.121. The predicted octanol–water partition coefficient (Wildman–Crippen LogP) is 2.30. The first kappa shape index (κ1) is 18.4. The van der Waals surface area contributed by atoms with Gasteiger partial charge in [0.15, 0.2) is 0 Å². The van der Waals surface area contributed by atoms with Crippen molar-refractivity contribution < 1.29 is 4.79 Å². The molecule has 0 bridgehead atoms. The van der Waals surface area contributed by atoms with Crippen molar-refractivity contribution in [2.24, 2.45) is 5.73 Å². The fraction of sp³-hybridized carbons (Fsp3) is 0.667. The second kappa shape index (κ2) is 9.41. The van der Waals surface area contributed by atoms with Gasteiger partial charge in [0.2, 0.25) is 5.91 Å². The van der Waals surface area contributed by atoms with Crippen molar-refractivity contribution in [3.8, 4) is 0 Å². The highest BCUT2D eigenvalue weighted by molar-refractivity contribution is 7.11. The van der Waals surface area contributed by atoms with Gasteiger partial charge in [0.05, 0.1) is 0 Å². The summed E-state index contributed by atoms with van der Waals surface area (Å²) in [7, 11) is 0. The molecule has 4 nitrogen and oxygen atoms in total. The Hall–Kier alpha value is -0.620. The van der Waals surface area contributed by atoms with Gasteiger partial charge in [-0.05, 0) is 38.4 Å². The number of nitrogens with one attached hydrogen (secondary N) is 1. The highest BCUT2D eigenvalue weighted by Gasteiger charge is 2.23. The first-order chi connectivity index (χ1) is 9.69. The summed E-state index contributed by atoms with van der Waals surface area (Å²) < 4.78 is 0. The molecule has 0 aromatic carbocycles. The Kier molecular flexibility index (Phi) is 8.26. The molecule has 120 valence electrons. The van der Waals surface area contributed by atoms with Crippen LogP contribution in [0, 0.1) is 6.92 Å². The van der Waals surface area contributed by atoms with E-state index in [0.29, 0.717) is 19.0 Å². The molecule has 0 spiro atoms. The van der Waals surface area contributed by atoms with Crippen molar-refractivity contribution in [1.29, 1.82) is 0 Å². The summed E-state index contributed by atoms with van der Waals surface area (Å²) in [6.07, 6.45) is 4.12. The molecule has 2 heterocycles. The molecule has 1 unspecified atom stereocenters. The number of hydrogen-bond acceptors (Lipinski definition) is 4. The third-order valence-corrected chi connectivity index (χ3v) is 4.80. The average Bonchev–Trinajstić information content (AvgIpc) is 2.83. The molecule has 1 aromatic heterocycles. The number of amides is 1. The molecule has 1 aliphatic heterocycles. The molecule has 0 radical (unpaired) electrons. The maximum Gasteiger partial charge on any atom is 0.221 e. The van der Waals surface area contributed by atoms with Crippen molar-refractivity contribution in [1.82, 2.24) is 10.2 Å². The Bertz CT molecular complexity index is 438. The van der Waals surface area contributed by atoms with Crippen LogP contribution in [-0.4, -0.2) is 36.5 Å². The van der Waals surface area contributed by atoms with Crippen LogP contribution in [0.2, 0.25) is 0 Å². The molecule has 0 aliphatic carbocycles. The van der Waals surface area contributed by atoms with Crippen molar-refractivity contribution in [3.05, 3.63) is 21.9 Å². The van der Waals surface area contributed by atoms with E-state index < -0.39 is 0 Å². The summed E-state index contributed by atoms with van der Waals surface area (Å²) in [4.78, 5) is 16.8. The molecule has 1 saturated heterocycles. The SMILES string of the molecule is Cc1ccc(CN2CCCCC2CNC(=O)CCN)s1.Cl. The number of thiophene rings is 1. The van der Waals surface area contributed by atoms with Gasteiger partial charge in [0.1, 0.15) is 0 Å². The predicted molar refractivity (Wildman–Crippen MR) is 91.0 cm³/mol. The Balaban J connectivity index is 0.00000220. The number of hydrogen-bond donors (Lipinski definition) is 2. The molecule has 2 rings (SSSR count). The number of nitrogens with zero attached hydrogens (tertiary/aromatic N) is 1. The Morgan fingerprint density at radius 3 is 2.95 bits per heavy atom. The second-order valence-corrected chi connectivity index (χ2v) is 6.85. The van der Waals surface area contributed by atoms with Crippen molar-refractivity contribution in [2.75, 3.05) is 19.6 Å². The monoisotopic (exact) mass is 331 g/mol. The zero-order valence-corrected chi connectivity index (χ0v) is 14.3. The standard InChI is InChI=1S/C15H25N3OS.ClH/c1-12-5-6-14(20-12)11-18-9-3-2-4-13(18)10-17-15(19)7-8-16;/h5-6,13H,2-4,7-11,16H2,1H3,(H,17,19);1H. The number of likely N-dealkylation sites (tertiary alicyclic amines) is 1. The minimum Gasteiger partial charge on any atom is -0.354 e. The maximum absolute atomic E-state index is 11.5. The lowest BCUT2D eigenvalue weighted by atomic mass is 10.0. The average molecular weight is 332 g/mol. The largest absolute Gasteiger partial charge is 0.354 e. The van der Waals surface area contributed by atoms with E-state index in [2.05, 4.69) is 29.3 Å². The number of halogens is 1. The zero-order valence-electron chi connectivity index (χ0n) is 12.6. The second-order valence-electron chi connectivity index (χ2n) is 5.48. The normalized spacial score (nSPS) is 19.0. The van der Waals surface area contributed by atoms with E-state index in [1.807, 2.05) is 11.3 Å². The van der Waals surface area contributed by atoms with E-state index in [1.54, 1.807) is 0 Å². The Morgan fingerprint density at radius 2 is 2.29 bits per heavy atom. The summed E-state index contributed by atoms with van der Waals surface area (Å²) >= 11 is 1.87. The summed E-state index contributed by atoms with van der Waals surface area (Å²) in [6, 6.07) is 4.87. The maximum atomic E-state index is 11.5. The van der Waals surface area contributed by atoms with Gasteiger partial charge < -0.3 is 11.1 Å². The molecule has 1 fully saturated rings. The van der Waals surface area contributed by atoms with Crippen LogP contribution in [0.25, 0.3) is 0 Å². The first-order valence-electron chi connectivity index (χ1n) is 7.45. The van der Waals surface area contributed by atoms with Crippen molar-refractivity contribution >= 4 is 29.7 Å². The van der Waals surface area contributed by atoms with Gasteiger partial charge in [-0.25, -0.2) is 0 Å². The first-order valence-corrected chi connectivity index (χ1v) is 8.27. The topological polar surface area (TPSA) is 58.4 Å². The van der Waals surface area contributed by atoms with Gasteiger partial charge in [0, 0.05) is 41.9 Å². The summed E-state index contributed by atoms with van der Waals surface area (Å²) in [5.74, 6) is 0.0741. The minimum absolute atomic E-state index is 0. The molecular weight excluding hydrogens is 306 g/mol. The number of aryl methyl sites for hydroxylation is 1. The van der Waals surface area contributed by atoms with E-state index in [-0.39, 0.29) is 18.3 Å². The van der Waals surface area contributed by atoms with Crippen LogP contribution in [0.15, 0.2) is 12.1 Å². The van der Waals surface area contributed by atoms with Gasteiger partial charge in [-0.3, -0.25) is 9.69 Å². The van der Waals surface area contributed by atoms with Crippen LogP contribution in [0.3, 0.4) is 0 Å². The van der Waals surface area contributed by atoms with E-state index in [1.165, 1.54) is 29.0 Å². The van der Waals surface area contributed by atoms with Crippen LogP contribution in [0.4, 0.5) is 0 Å². The molecule has 1 aromatic rings. The number of carbonyl (C=O) groups excluding carboxylic acids is 1. The molecule has 1 atom stereocenters. The lowest BCUT2D eigenvalue weighted by Gasteiger charge is -2.35. The molecule has 21 heavy (non-hydrogen) atoms. The fourth-order valence-electron chi connectivity index (χ4n) is 2.72. The van der Waals surface area contributed by atoms with Gasteiger partial charge in [0.25, 0.3) is 0 Å². The van der Waals surface area contributed by atoms with Crippen molar-refractivity contribution in [2.45, 2.75) is 45.2 Å². The Morgan fingerprint density at radius 1 is 1.48 bits per heavy atom. The number of nitrogens with two attached hydrogens (primary N) is 1. The fourth-order valence-corrected chi connectivity index (χ4v) is 3.64. The van der Waals surface area contributed by atoms with Gasteiger partial charge in [-0.15, -0.1) is 23.7 Å². The third kappa shape index (κ3) is 5.94. The summed E-state index contributed by atoms with van der Waals surface area (Å²) in [6.45, 7) is 5.47. The molecule has 1 aliphatic rings. The summed E-state index contributed by atoms with van der Waals surface area (Å²) in [5.41, 5.74) is 5.40. The van der Waals surface area contributed by atoms with Crippen LogP contribution in [0.5, 0.6) is 0 Å². The molecular formula is C15H26ClN3OS. The quantitative estimate of drug-likeness (QED) is 0.841. The van der Waals surface area contributed by atoms with Crippen LogP contribution >= 0.6 is 23.7 Å². The summed E-state index contributed by atoms with van der Waals surface area (Å²) in [5, 5.41) is 3.02. The van der Waals surface area contributed by atoms with E-state index in [4.69, 9.17) is 5.73 Å². The van der Waals surface area contributed by atoms with Crippen LogP contribution in [-0.2, 0) is 11.3 Å². The number of rotatable bonds is 6.